The number of aromatic hydroxyl groups is 1. The Labute approximate surface area is 102 Å². The molecule has 0 radical (unpaired) electrons. The number of aliphatic imine (C=N–C) groups is 1. The van der Waals surface area contributed by atoms with Gasteiger partial charge in [-0.25, -0.2) is 0 Å². The Kier molecular flexibility index (Phi) is 2.07. The highest BCUT2D eigenvalue weighted by molar-refractivity contribution is 9.10. The van der Waals surface area contributed by atoms with Crippen molar-refractivity contribution in [1.82, 2.24) is 0 Å². The van der Waals surface area contributed by atoms with E-state index < -0.39 is 0 Å². The van der Waals surface area contributed by atoms with E-state index in [4.69, 9.17) is 0 Å². The second-order valence-electron chi connectivity index (χ2n) is 4.10. The van der Waals surface area contributed by atoms with Gasteiger partial charge in [0.1, 0.15) is 5.75 Å². The lowest BCUT2D eigenvalue weighted by molar-refractivity contribution is 0.471. The molecule has 1 aromatic carbocycles. The topological polar surface area (TPSA) is 35.8 Å². The van der Waals surface area contributed by atoms with E-state index in [0.717, 1.165) is 15.7 Å². The van der Waals surface area contributed by atoms with E-state index in [1.807, 2.05) is 18.5 Å². The predicted molar refractivity (Wildman–Crippen MR) is 68.4 cm³/mol. The third kappa shape index (κ3) is 1.16. The van der Waals surface area contributed by atoms with E-state index in [1.54, 1.807) is 6.07 Å². The van der Waals surface area contributed by atoms with Gasteiger partial charge in [0.05, 0.1) is 10.5 Å². The number of rotatable bonds is 0. The van der Waals surface area contributed by atoms with Gasteiger partial charge in [-0.1, -0.05) is 6.08 Å². The summed E-state index contributed by atoms with van der Waals surface area (Å²) >= 11 is 3.47. The maximum absolute atomic E-state index is 9.74. The lowest BCUT2D eigenvalue weighted by Gasteiger charge is -2.22. The maximum atomic E-state index is 9.74. The molecule has 82 valence electrons. The molecule has 1 N–H and O–H groups in total. The second kappa shape index (κ2) is 3.35. The number of fused-ring (bicyclic) bond motifs is 3. The number of anilines is 1. The van der Waals surface area contributed by atoms with Crippen LogP contribution in [-0.4, -0.2) is 24.4 Å². The van der Waals surface area contributed by atoms with Crippen LogP contribution in [0.4, 0.5) is 5.69 Å². The van der Waals surface area contributed by atoms with E-state index in [1.165, 1.54) is 0 Å². The van der Waals surface area contributed by atoms with E-state index in [0.29, 0.717) is 5.75 Å². The number of nitrogens with zero attached hydrogens (tertiary/aromatic N) is 2. The van der Waals surface area contributed by atoms with Crippen molar-refractivity contribution in [2.45, 2.75) is 12.0 Å². The van der Waals surface area contributed by atoms with Gasteiger partial charge < -0.3 is 10.0 Å². The molecule has 2 aliphatic heterocycles. The fourth-order valence-electron chi connectivity index (χ4n) is 2.45. The summed E-state index contributed by atoms with van der Waals surface area (Å²) in [6.07, 6.45) is 5.85. The molecule has 2 aliphatic rings. The van der Waals surface area contributed by atoms with Crippen molar-refractivity contribution in [2.24, 2.45) is 4.99 Å². The molecule has 4 heteroatoms. The molecule has 0 saturated carbocycles. The first-order valence-electron chi connectivity index (χ1n) is 5.14. The first kappa shape index (κ1) is 9.90. The predicted octanol–water partition coefficient (Wildman–Crippen LogP) is 2.65. The average Bonchev–Trinajstić information content (AvgIpc) is 2.59. The quantitative estimate of drug-likeness (QED) is 0.792. The highest BCUT2D eigenvalue weighted by Crippen LogP contribution is 2.47. The third-order valence-electron chi connectivity index (χ3n) is 3.28. The summed E-state index contributed by atoms with van der Waals surface area (Å²) in [5, 5.41) is 9.74. The zero-order chi connectivity index (χ0) is 11.3. The molecule has 2 atom stereocenters. The number of likely N-dealkylation sites (N-methyl/N-ethyl adjacent to an activating group) is 1. The molecule has 0 aromatic heterocycles. The minimum atomic E-state index is 0.262. The normalized spacial score (nSPS) is 25.8. The van der Waals surface area contributed by atoms with Crippen molar-refractivity contribution < 1.29 is 5.11 Å². The van der Waals surface area contributed by atoms with Gasteiger partial charge in [-0.3, -0.25) is 4.99 Å². The van der Waals surface area contributed by atoms with Crippen LogP contribution < -0.4 is 4.90 Å². The van der Waals surface area contributed by atoms with Gasteiger partial charge in [-0.2, -0.15) is 0 Å². The van der Waals surface area contributed by atoms with Crippen LogP contribution in [0, 0.1) is 0 Å². The van der Waals surface area contributed by atoms with E-state index in [9.17, 15) is 5.11 Å². The van der Waals surface area contributed by atoms with Crippen molar-refractivity contribution >= 4 is 27.8 Å². The second-order valence-corrected chi connectivity index (χ2v) is 4.89. The van der Waals surface area contributed by atoms with Crippen LogP contribution in [0.3, 0.4) is 0 Å². The Morgan fingerprint density at radius 3 is 3.06 bits per heavy atom. The smallest absolute Gasteiger partial charge is 0.130 e. The number of phenolic OH excluding ortho intramolecular Hbond substituents is 1. The molecule has 0 aliphatic carbocycles. The molecule has 3 nitrogen and oxygen atoms in total. The lowest BCUT2D eigenvalue weighted by Crippen LogP contribution is -2.32. The van der Waals surface area contributed by atoms with Crippen molar-refractivity contribution in [3.63, 3.8) is 0 Å². The summed E-state index contributed by atoms with van der Waals surface area (Å²) in [5.41, 5.74) is 2.30. The molecule has 1 aromatic rings. The summed E-state index contributed by atoms with van der Waals surface area (Å²) in [4.78, 5) is 6.37. The SMILES string of the molecule is CN1c2ccc(O)c(Br)c2C2C=CN=CC21. The summed E-state index contributed by atoms with van der Waals surface area (Å²) in [6.45, 7) is 0. The molecule has 2 unspecified atom stereocenters. The molecule has 0 saturated heterocycles. The van der Waals surface area contributed by atoms with Crippen molar-refractivity contribution in [3.05, 3.63) is 34.4 Å². The molecule has 0 fully saturated rings. The van der Waals surface area contributed by atoms with Crippen LogP contribution in [-0.2, 0) is 0 Å². The number of hydrogen-bond acceptors (Lipinski definition) is 3. The first-order valence-corrected chi connectivity index (χ1v) is 5.93. The fourth-order valence-corrected chi connectivity index (χ4v) is 3.05. The number of benzene rings is 1. The van der Waals surface area contributed by atoms with Crippen molar-refractivity contribution in [1.29, 1.82) is 0 Å². The maximum Gasteiger partial charge on any atom is 0.130 e. The summed E-state index contributed by atoms with van der Waals surface area (Å²) < 4.78 is 0.796. The minimum Gasteiger partial charge on any atom is -0.507 e. The van der Waals surface area contributed by atoms with Crippen LogP contribution in [0.25, 0.3) is 0 Å². The van der Waals surface area contributed by atoms with Crippen LogP contribution >= 0.6 is 15.9 Å². The molecule has 0 spiro atoms. The zero-order valence-electron chi connectivity index (χ0n) is 8.76. The Morgan fingerprint density at radius 1 is 1.44 bits per heavy atom. The van der Waals surface area contributed by atoms with Gasteiger partial charge in [-0.15, -0.1) is 0 Å². The van der Waals surface area contributed by atoms with Gasteiger partial charge in [0.25, 0.3) is 0 Å². The summed E-state index contributed by atoms with van der Waals surface area (Å²) in [5.74, 6) is 0.572. The first-order chi connectivity index (χ1) is 7.70. The lowest BCUT2D eigenvalue weighted by atomic mass is 9.94. The van der Waals surface area contributed by atoms with Gasteiger partial charge >= 0.3 is 0 Å². The van der Waals surface area contributed by atoms with Crippen LogP contribution in [0.15, 0.2) is 33.9 Å². The molecular weight excluding hydrogens is 268 g/mol. The standard InChI is InChI=1S/C12H11BrN2O/c1-15-8-2-3-10(16)12(13)11(8)7-4-5-14-6-9(7)15/h2-7,9,16H,1H3. The zero-order valence-corrected chi connectivity index (χ0v) is 10.3. The van der Waals surface area contributed by atoms with Crippen molar-refractivity contribution in [3.8, 4) is 5.75 Å². The van der Waals surface area contributed by atoms with E-state index in [-0.39, 0.29) is 12.0 Å². The van der Waals surface area contributed by atoms with Gasteiger partial charge in [0, 0.05) is 36.6 Å². The summed E-state index contributed by atoms with van der Waals surface area (Å²) in [6, 6.07) is 3.94. The van der Waals surface area contributed by atoms with Crippen LogP contribution in [0.2, 0.25) is 0 Å². The Morgan fingerprint density at radius 2 is 2.25 bits per heavy atom. The van der Waals surface area contributed by atoms with Gasteiger partial charge in [-0.05, 0) is 28.1 Å². The largest absolute Gasteiger partial charge is 0.507 e. The number of halogens is 1. The molecule has 0 amide bonds. The Balaban J connectivity index is 2.23. The Bertz CT molecular complexity index is 510. The molecular formula is C12H11BrN2O. The summed E-state index contributed by atoms with van der Waals surface area (Å²) in [7, 11) is 2.05. The molecule has 2 heterocycles. The highest BCUT2D eigenvalue weighted by Gasteiger charge is 2.37. The monoisotopic (exact) mass is 278 g/mol. The minimum absolute atomic E-state index is 0.262. The average molecular weight is 279 g/mol. The van der Waals surface area contributed by atoms with Gasteiger partial charge in [0.2, 0.25) is 0 Å². The molecule has 16 heavy (non-hydrogen) atoms. The van der Waals surface area contributed by atoms with Crippen molar-refractivity contribution in [2.75, 3.05) is 11.9 Å². The Hall–Kier alpha value is -1.29. The van der Waals surface area contributed by atoms with Crippen LogP contribution in [0.5, 0.6) is 5.75 Å². The van der Waals surface area contributed by atoms with E-state index >= 15 is 0 Å². The van der Waals surface area contributed by atoms with E-state index in [2.05, 4.69) is 38.9 Å². The highest BCUT2D eigenvalue weighted by atomic mass is 79.9. The number of phenols is 1. The fraction of sp³-hybridized carbons (Fsp3) is 0.250. The van der Waals surface area contributed by atoms with Gasteiger partial charge in [0.15, 0.2) is 0 Å². The molecule has 3 rings (SSSR count). The van der Waals surface area contributed by atoms with Crippen LogP contribution in [0.1, 0.15) is 11.5 Å². The third-order valence-corrected chi connectivity index (χ3v) is 4.12. The number of hydrogen-bond donors (Lipinski definition) is 1. The molecule has 0 bridgehead atoms.